The van der Waals surface area contributed by atoms with E-state index in [1.807, 2.05) is 0 Å². The zero-order valence-corrected chi connectivity index (χ0v) is 5.98. The van der Waals surface area contributed by atoms with E-state index >= 15 is 0 Å². The number of hydrogen-bond acceptors (Lipinski definition) is 4. The lowest BCUT2D eigenvalue weighted by molar-refractivity contribution is 0.0696. The third kappa shape index (κ3) is 1.32. The molecule has 5 heteroatoms. The Hall–Kier alpha value is -2.09. The number of nitrogen functional groups attached to an aromatic ring is 1. The summed E-state index contributed by atoms with van der Waals surface area (Å²) in [7, 11) is 0. The number of carboxylic acid groups (broad SMARTS) is 1. The number of nitriles is 1. The summed E-state index contributed by atoms with van der Waals surface area (Å²) in [5.41, 5.74) is 5.13. The van der Waals surface area contributed by atoms with E-state index in [-0.39, 0.29) is 16.9 Å². The topological polar surface area (TPSA) is 100 Å². The van der Waals surface area contributed by atoms with Crippen LogP contribution in [0, 0.1) is 11.3 Å². The summed E-state index contributed by atoms with van der Waals surface area (Å²) in [6, 6.07) is 2.86. The molecule has 5 nitrogen and oxygen atoms in total. The highest BCUT2D eigenvalue weighted by Gasteiger charge is 2.09. The van der Waals surface area contributed by atoms with E-state index in [0.717, 1.165) is 12.3 Å². The summed E-state index contributed by atoms with van der Waals surface area (Å²) in [5, 5.41) is 17.1. The summed E-state index contributed by atoms with van der Waals surface area (Å²) in [5.74, 6) is -1.09. The maximum Gasteiger partial charge on any atom is 0.337 e. The number of anilines is 1. The van der Waals surface area contributed by atoms with Crippen LogP contribution < -0.4 is 5.73 Å². The Morgan fingerprint density at radius 3 is 2.92 bits per heavy atom. The van der Waals surface area contributed by atoms with Gasteiger partial charge < -0.3 is 10.8 Å². The average molecular weight is 163 g/mol. The minimum atomic E-state index is -1.18. The Labute approximate surface area is 68.1 Å². The summed E-state index contributed by atoms with van der Waals surface area (Å²) >= 11 is 0. The number of pyridine rings is 1. The Morgan fingerprint density at radius 1 is 1.75 bits per heavy atom. The molecule has 0 aromatic carbocycles. The van der Waals surface area contributed by atoms with Crippen molar-refractivity contribution >= 4 is 11.8 Å². The first kappa shape index (κ1) is 8.01. The number of rotatable bonds is 1. The van der Waals surface area contributed by atoms with Crippen LogP contribution in [0.15, 0.2) is 12.3 Å². The standard InChI is InChI=1S/C7H5N3O2/c8-2-4-3-10-6(9)1-5(4)7(11)12/h1,3H,(H2,9,10)(H,11,12). The lowest BCUT2D eigenvalue weighted by atomic mass is 10.1. The van der Waals surface area contributed by atoms with Crippen molar-refractivity contribution in [2.24, 2.45) is 0 Å². The van der Waals surface area contributed by atoms with Gasteiger partial charge in [-0.2, -0.15) is 5.26 Å². The molecule has 0 aliphatic heterocycles. The van der Waals surface area contributed by atoms with E-state index < -0.39 is 5.97 Å². The van der Waals surface area contributed by atoms with E-state index in [4.69, 9.17) is 16.1 Å². The number of nitrogens with two attached hydrogens (primary N) is 1. The molecule has 0 unspecified atom stereocenters. The highest BCUT2D eigenvalue weighted by atomic mass is 16.4. The summed E-state index contributed by atoms with van der Waals surface area (Å²) in [6.45, 7) is 0. The normalized spacial score (nSPS) is 8.92. The van der Waals surface area contributed by atoms with Crippen molar-refractivity contribution in [3.63, 3.8) is 0 Å². The summed E-state index contributed by atoms with van der Waals surface area (Å²) < 4.78 is 0. The second-order valence-corrected chi connectivity index (χ2v) is 2.07. The number of hydrogen-bond donors (Lipinski definition) is 2. The molecule has 3 N–H and O–H groups in total. The molecule has 0 atom stereocenters. The van der Waals surface area contributed by atoms with Crippen molar-refractivity contribution in [1.29, 1.82) is 5.26 Å². The molecule has 0 amide bonds. The van der Waals surface area contributed by atoms with Crippen LogP contribution in [0.25, 0.3) is 0 Å². The second-order valence-electron chi connectivity index (χ2n) is 2.07. The van der Waals surface area contributed by atoms with Gasteiger partial charge in [0.05, 0.1) is 11.1 Å². The van der Waals surface area contributed by atoms with Gasteiger partial charge in [-0.25, -0.2) is 9.78 Å². The van der Waals surface area contributed by atoms with E-state index in [9.17, 15) is 4.79 Å². The lowest BCUT2D eigenvalue weighted by Crippen LogP contribution is -2.03. The minimum absolute atomic E-state index is 0.0108. The predicted molar refractivity (Wildman–Crippen MR) is 40.3 cm³/mol. The van der Waals surface area contributed by atoms with Crippen LogP contribution in [0.3, 0.4) is 0 Å². The molecule has 0 spiro atoms. The highest BCUT2D eigenvalue weighted by molar-refractivity contribution is 5.91. The van der Waals surface area contributed by atoms with Crippen LogP contribution in [0.2, 0.25) is 0 Å². The zero-order valence-electron chi connectivity index (χ0n) is 5.98. The molecule has 1 aromatic rings. The van der Waals surface area contributed by atoms with Crippen molar-refractivity contribution in [3.8, 4) is 6.07 Å². The molecule has 1 rings (SSSR count). The molecule has 0 aliphatic carbocycles. The van der Waals surface area contributed by atoms with E-state index in [1.54, 1.807) is 6.07 Å². The molecule has 12 heavy (non-hydrogen) atoms. The van der Waals surface area contributed by atoms with Crippen LogP contribution in [0.4, 0.5) is 5.82 Å². The van der Waals surface area contributed by atoms with Gasteiger partial charge in [-0.1, -0.05) is 0 Å². The van der Waals surface area contributed by atoms with Crippen LogP contribution in [-0.2, 0) is 0 Å². The largest absolute Gasteiger partial charge is 0.478 e. The minimum Gasteiger partial charge on any atom is -0.478 e. The van der Waals surface area contributed by atoms with Crippen molar-refractivity contribution in [2.75, 3.05) is 5.73 Å². The summed E-state index contributed by atoms with van der Waals surface area (Å²) in [6.07, 6.45) is 1.14. The number of nitrogens with zero attached hydrogens (tertiary/aromatic N) is 2. The van der Waals surface area contributed by atoms with Crippen LogP contribution >= 0.6 is 0 Å². The van der Waals surface area contributed by atoms with Crippen LogP contribution in [0.5, 0.6) is 0 Å². The van der Waals surface area contributed by atoms with Gasteiger partial charge in [0.2, 0.25) is 0 Å². The van der Waals surface area contributed by atoms with Gasteiger partial charge in [0.15, 0.2) is 0 Å². The van der Waals surface area contributed by atoms with Crippen molar-refractivity contribution in [3.05, 3.63) is 23.4 Å². The first-order chi connectivity index (χ1) is 5.65. The number of aromatic carboxylic acids is 1. The SMILES string of the molecule is N#Cc1cnc(N)cc1C(=O)O. The molecule has 0 bridgehead atoms. The van der Waals surface area contributed by atoms with Gasteiger partial charge in [0.25, 0.3) is 0 Å². The Kier molecular flexibility index (Phi) is 1.92. The zero-order chi connectivity index (χ0) is 9.14. The molecule has 0 radical (unpaired) electrons. The summed E-state index contributed by atoms with van der Waals surface area (Å²) in [4.78, 5) is 14.1. The average Bonchev–Trinajstić information content (AvgIpc) is 2.04. The molecule has 60 valence electrons. The Balaban J connectivity index is 3.34. The first-order valence-electron chi connectivity index (χ1n) is 3.04. The van der Waals surface area contributed by atoms with E-state index in [2.05, 4.69) is 4.98 Å². The number of carboxylic acids is 1. The molecule has 0 saturated heterocycles. The quantitative estimate of drug-likeness (QED) is 0.617. The van der Waals surface area contributed by atoms with Gasteiger partial charge in [-0.15, -0.1) is 0 Å². The van der Waals surface area contributed by atoms with Gasteiger partial charge in [-0.3, -0.25) is 0 Å². The maximum atomic E-state index is 10.5. The smallest absolute Gasteiger partial charge is 0.337 e. The molecule has 0 aliphatic rings. The molecule has 1 aromatic heterocycles. The maximum absolute atomic E-state index is 10.5. The van der Waals surface area contributed by atoms with Gasteiger partial charge in [0, 0.05) is 6.20 Å². The second kappa shape index (κ2) is 2.88. The van der Waals surface area contributed by atoms with Crippen molar-refractivity contribution in [2.45, 2.75) is 0 Å². The lowest BCUT2D eigenvalue weighted by Gasteiger charge is -1.97. The third-order valence-corrected chi connectivity index (χ3v) is 1.28. The number of aromatic nitrogens is 1. The Bertz CT molecular complexity index is 367. The molecular weight excluding hydrogens is 158 g/mol. The highest BCUT2D eigenvalue weighted by Crippen LogP contribution is 2.09. The molecule has 1 heterocycles. The third-order valence-electron chi connectivity index (χ3n) is 1.28. The molecule has 0 fully saturated rings. The Morgan fingerprint density at radius 2 is 2.42 bits per heavy atom. The van der Waals surface area contributed by atoms with Gasteiger partial charge >= 0.3 is 5.97 Å². The molecular formula is C7H5N3O2. The van der Waals surface area contributed by atoms with E-state index in [0.29, 0.717) is 0 Å². The van der Waals surface area contributed by atoms with Crippen molar-refractivity contribution in [1.82, 2.24) is 4.98 Å². The fourth-order valence-corrected chi connectivity index (χ4v) is 0.738. The van der Waals surface area contributed by atoms with Crippen LogP contribution in [0.1, 0.15) is 15.9 Å². The van der Waals surface area contributed by atoms with Gasteiger partial charge in [-0.05, 0) is 6.07 Å². The van der Waals surface area contributed by atoms with Gasteiger partial charge in [0.1, 0.15) is 11.9 Å². The fourth-order valence-electron chi connectivity index (χ4n) is 0.738. The molecule has 0 saturated carbocycles. The number of carbonyl (C=O) groups is 1. The van der Waals surface area contributed by atoms with Crippen molar-refractivity contribution < 1.29 is 9.90 Å². The van der Waals surface area contributed by atoms with E-state index in [1.165, 1.54) is 0 Å². The first-order valence-corrected chi connectivity index (χ1v) is 3.04. The fraction of sp³-hybridized carbons (Fsp3) is 0. The monoisotopic (exact) mass is 163 g/mol. The predicted octanol–water partition coefficient (Wildman–Crippen LogP) is 0.234. The van der Waals surface area contributed by atoms with Crippen LogP contribution in [-0.4, -0.2) is 16.1 Å².